The first kappa shape index (κ1) is 10.3. The van der Waals surface area contributed by atoms with Crippen LogP contribution in [0.25, 0.3) is 0 Å². The van der Waals surface area contributed by atoms with Crippen LogP contribution < -0.4 is 0 Å². The lowest BCUT2D eigenvalue weighted by Gasteiger charge is -1.92. The van der Waals surface area contributed by atoms with Crippen LogP contribution in [0.3, 0.4) is 0 Å². The molecule has 0 saturated carbocycles. The minimum Gasteiger partial charge on any atom is -0.465 e. The van der Waals surface area contributed by atoms with Crippen molar-refractivity contribution >= 4 is 33.7 Å². The number of hydrogen-bond donors (Lipinski definition) is 0. The van der Waals surface area contributed by atoms with E-state index in [1.807, 2.05) is 0 Å². The van der Waals surface area contributed by atoms with Crippen LogP contribution in [0.15, 0.2) is 4.42 Å². The first-order valence-corrected chi connectivity index (χ1v) is 4.20. The molecule has 13 heavy (non-hydrogen) atoms. The molecule has 70 valence electrons. The molecular weight excluding hydrogens is 215 g/mol. The predicted octanol–water partition coefficient (Wildman–Crippen LogP) is 2.65. The van der Waals surface area contributed by atoms with Gasteiger partial charge in [0.1, 0.15) is 11.5 Å². The number of hydrogen-bond acceptors (Lipinski definition) is 3. The van der Waals surface area contributed by atoms with Crippen molar-refractivity contribution in [2.75, 3.05) is 0 Å². The van der Waals surface area contributed by atoms with Crippen molar-refractivity contribution in [3.8, 4) is 0 Å². The average molecular weight is 221 g/mol. The lowest BCUT2D eigenvalue weighted by molar-refractivity contribution is 0.105. The van der Waals surface area contributed by atoms with Crippen molar-refractivity contribution in [2.45, 2.75) is 13.8 Å². The van der Waals surface area contributed by atoms with Gasteiger partial charge in [-0.15, -0.1) is 0 Å². The summed E-state index contributed by atoms with van der Waals surface area (Å²) in [5, 5.41) is -1.48. The predicted molar refractivity (Wildman–Crippen MR) is 48.5 cm³/mol. The van der Waals surface area contributed by atoms with E-state index in [1.165, 1.54) is 0 Å². The van der Waals surface area contributed by atoms with Gasteiger partial charge in [-0.05, 0) is 37.0 Å². The van der Waals surface area contributed by atoms with Gasteiger partial charge >= 0.3 is 0 Å². The topological polar surface area (TPSA) is 47.3 Å². The van der Waals surface area contributed by atoms with Crippen LogP contribution in [0.2, 0.25) is 0 Å². The molecule has 0 spiro atoms. The summed E-state index contributed by atoms with van der Waals surface area (Å²) < 4.78 is 5.06. The number of rotatable bonds is 2. The molecule has 1 rings (SSSR count). The number of carbonyl (C=O) groups excluding carboxylic acids is 2. The zero-order valence-electron chi connectivity index (χ0n) is 6.98. The van der Waals surface area contributed by atoms with Crippen LogP contribution in [-0.4, -0.2) is 10.5 Å². The van der Waals surface area contributed by atoms with Gasteiger partial charge in [0.15, 0.2) is 0 Å². The van der Waals surface area contributed by atoms with Gasteiger partial charge in [-0.3, -0.25) is 9.59 Å². The molecule has 0 aromatic carbocycles. The fraction of sp³-hybridized carbons (Fsp3) is 0.250. The molecule has 0 aliphatic rings. The van der Waals surface area contributed by atoms with E-state index in [2.05, 4.69) is 0 Å². The highest BCUT2D eigenvalue weighted by atomic mass is 35.5. The monoisotopic (exact) mass is 220 g/mol. The quantitative estimate of drug-likeness (QED) is 0.721. The first-order valence-electron chi connectivity index (χ1n) is 3.44. The molecule has 0 unspecified atom stereocenters. The Morgan fingerprint density at radius 2 is 1.31 bits per heavy atom. The van der Waals surface area contributed by atoms with Crippen LogP contribution in [-0.2, 0) is 0 Å². The van der Waals surface area contributed by atoms with Gasteiger partial charge in [0.2, 0.25) is 0 Å². The van der Waals surface area contributed by atoms with Crippen LogP contribution in [0.5, 0.6) is 0 Å². The summed E-state index contributed by atoms with van der Waals surface area (Å²) in [5.74, 6) is 0.614. The maximum Gasteiger partial charge on any atom is 0.256 e. The maximum atomic E-state index is 10.9. The molecule has 0 amide bonds. The molecule has 0 aliphatic heterocycles. The van der Waals surface area contributed by atoms with E-state index in [4.69, 9.17) is 27.6 Å². The molecule has 1 heterocycles. The van der Waals surface area contributed by atoms with Crippen molar-refractivity contribution in [1.29, 1.82) is 0 Å². The van der Waals surface area contributed by atoms with E-state index in [0.717, 1.165) is 0 Å². The number of aryl methyl sites for hydroxylation is 2. The highest BCUT2D eigenvalue weighted by molar-refractivity contribution is 6.72. The van der Waals surface area contributed by atoms with E-state index in [-0.39, 0.29) is 11.1 Å². The van der Waals surface area contributed by atoms with Crippen molar-refractivity contribution < 1.29 is 14.0 Å². The Hall–Kier alpha value is -0.800. The van der Waals surface area contributed by atoms with E-state index < -0.39 is 10.5 Å². The molecule has 0 atom stereocenters. The Kier molecular flexibility index (Phi) is 2.78. The molecule has 0 radical (unpaired) electrons. The molecule has 1 aromatic rings. The second-order valence-corrected chi connectivity index (χ2v) is 3.20. The van der Waals surface area contributed by atoms with E-state index >= 15 is 0 Å². The Labute approximate surface area is 84.6 Å². The third kappa shape index (κ3) is 1.76. The Morgan fingerprint density at radius 3 is 1.54 bits per heavy atom. The summed E-state index contributed by atoms with van der Waals surface area (Å²) in [5.41, 5.74) is 0.110. The van der Waals surface area contributed by atoms with Gasteiger partial charge in [-0.1, -0.05) is 0 Å². The Balaban J connectivity index is 3.47. The number of furan rings is 1. The van der Waals surface area contributed by atoms with Gasteiger partial charge in [0, 0.05) is 0 Å². The maximum absolute atomic E-state index is 10.9. The largest absolute Gasteiger partial charge is 0.465 e. The molecule has 3 nitrogen and oxygen atoms in total. The number of halogens is 2. The van der Waals surface area contributed by atoms with Crippen molar-refractivity contribution in [3.05, 3.63) is 22.6 Å². The third-order valence-corrected chi connectivity index (χ3v) is 2.03. The highest BCUT2D eigenvalue weighted by Crippen LogP contribution is 2.24. The zero-order valence-corrected chi connectivity index (χ0v) is 8.49. The molecule has 1 aromatic heterocycles. The van der Waals surface area contributed by atoms with Crippen molar-refractivity contribution in [1.82, 2.24) is 0 Å². The van der Waals surface area contributed by atoms with Crippen molar-refractivity contribution in [3.63, 3.8) is 0 Å². The van der Waals surface area contributed by atoms with Gasteiger partial charge in [-0.25, -0.2) is 0 Å². The van der Waals surface area contributed by atoms with Gasteiger partial charge in [0.25, 0.3) is 10.5 Å². The molecule has 5 heteroatoms. The van der Waals surface area contributed by atoms with E-state index in [0.29, 0.717) is 11.5 Å². The van der Waals surface area contributed by atoms with Crippen LogP contribution in [0.1, 0.15) is 32.2 Å². The van der Waals surface area contributed by atoms with Crippen molar-refractivity contribution in [2.24, 2.45) is 0 Å². The van der Waals surface area contributed by atoms with Crippen LogP contribution in [0, 0.1) is 13.8 Å². The standard InChI is InChI=1S/C8H6Cl2O3/c1-3-5(7(9)11)6(8(10)12)4(2)13-3/h1-2H3. The molecule has 0 N–H and O–H groups in total. The fourth-order valence-corrected chi connectivity index (χ4v) is 1.61. The molecule has 0 fully saturated rings. The Bertz CT molecular complexity index is 344. The minimum atomic E-state index is -0.738. The summed E-state index contributed by atoms with van der Waals surface area (Å²) in [7, 11) is 0. The fourth-order valence-electron chi connectivity index (χ4n) is 1.16. The third-order valence-electron chi connectivity index (χ3n) is 1.65. The van der Waals surface area contributed by atoms with E-state index in [9.17, 15) is 9.59 Å². The van der Waals surface area contributed by atoms with Gasteiger partial charge in [-0.2, -0.15) is 0 Å². The second-order valence-electron chi connectivity index (χ2n) is 2.51. The lowest BCUT2D eigenvalue weighted by Crippen LogP contribution is -1.99. The summed E-state index contributed by atoms with van der Waals surface area (Å²) in [6, 6.07) is 0. The average Bonchev–Trinajstić information content (AvgIpc) is 2.24. The van der Waals surface area contributed by atoms with Gasteiger partial charge in [0.05, 0.1) is 11.1 Å². The van der Waals surface area contributed by atoms with Crippen LogP contribution >= 0.6 is 23.2 Å². The molecule has 0 aliphatic carbocycles. The van der Waals surface area contributed by atoms with Gasteiger partial charge < -0.3 is 4.42 Å². The molecule has 0 bridgehead atoms. The second kappa shape index (κ2) is 3.52. The molecule has 0 saturated heterocycles. The summed E-state index contributed by atoms with van der Waals surface area (Å²) in [6.07, 6.45) is 0. The number of carbonyl (C=O) groups is 2. The Morgan fingerprint density at radius 1 is 1.00 bits per heavy atom. The minimum absolute atomic E-state index is 0.0548. The highest BCUT2D eigenvalue weighted by Gasteiger charge is 2.23. The first-order chi connectivity index (χ1) is 5.95. The summed E-state index contributed by atoms with van der Waals surface area (Å²) in [6.45, 7) is 3.10. The van der Waals surface area contributed by atoms with E-state index in [1.54, 1.807) is 13.8 Å². The summed E-state index contributed by atoms with van der Waals surface area (Å²) in [4.78, 5) is 21.8. The zero-order chi connectivity index (χ0) is 10.2. The SMILES string of the molecule is Cc1oc(C)c(C(=O)Cl)c1C(=O)Cl. The lowest BCUT2D eigenvalue weighted by atomic mass is 10.1. The normalized spacial score (nSPS) is 10.2. The smallest absolute Gasteiger partial charge is 0.256 e. The molecular formula is C8H6Cl2O3. The summed E-state index contributed by atoms with van der Waals surface area (Å²) >= 11 is 10.5. The van der Waals surface area contributed by atoms with Crippen LogP contribution in [0.4, 0.5) is 0 Å².